The van der Waals surface area contributed by atoms with Gasteiger partial charge in [-0.3, -0.25) is 14.9 Å². The third-order valence-electron chi connectivity index (χ3n) is 4.77. The van der Waals surface area contributed by atoms with Crippen molar-refractivity contribution in [2.45, 2.75) is 19.8 Å². The van der Waals surface area contributed by atoms with Crippen LogP contribution in [0, 0.1) is 10.1 Å². The molecule has 2 aromatic carbocycles. The second-order valence-electron chi connectivity index (χ2n) is 6.88. The Morgan fingerprint density at radius 3 is 2.68 bits per heavy atom. The van der Waals surface area contributed by atoms with Crippen LogP contribution in [0.5, 0.6) is 0 Å². The van der Waals surface area contributed by atoms with E-state index in [0.717, 1.165) is 22.3 Å². The van der Waals surface area contributed by atoms with Crippen molar-refractivity contribution in [3.63, 3.8) is 0 Å². The molecule has 0 aliphatic rings. The van der Waals surface area contributed by atoms with Gasteiger partial charge in [-0.25, -0.2) is 4.98 Å². The molecule has 4 aromatic rings. The standard InChI is InChI=1S/C22H18BrN5O3/c1-2-4-21-25-20-11-6-15(23)13-19(20)22(29)27(21)24-14-18-5-3-12-26(18)16-7-9-17(10-8-16)28(30)31/h3,5-14H,2,4H2,1H3. The largest absolute Gasteiger partial charge is 0.316 e. The first-order valence-corrected chi connectivity index (χ1v) is 10.4. The van der Waals surface area contributed by atoms with Crippen molar-refractivity contribution in [3.8, 4) is 5.69 Å². The molecule has 0 aliphatic carbocycles. The summed E-state index contributed by atoms with van der Waals surface area (Å²) in [6.45, 7) is 2.02. The van der Waals surface area contributed by atoms with Gasteiger partial charge in [-0.2, -0.15) is 9.78 Å². The molecule has 0 saturated heterocycles. The van der Waals surface area contributed by atoms with E-state index in [2.05, 4.69) is 26.0 Å². The molecule has 0 amide bonds. The van der Waals surface area contributed by atoms with Crippen LogP contribution in [0.15, 0.2) is 75.2 Å². The van der Waals surface area contributed by atoms with E-state index in [9.17, 15) is 14.9 Å². The zero-order valence-corrected chi connectivity index (χ0v) is 18.2. The van der Waals surface area contributed by atoms with Gasteiger partial charge in [-0.15, -0.1) is 0 Å². The number of aryl methyl sites for hydroxylation is 1. The molecule has 0 fully saturated rings. The SMILES string of the molecule is CCCc1nc2ccc(Br)cc2c(=O)n1N=Cc1cccn1-c1ccc([N+](=O)[O-])cc1. The Morgan fingerprint density at radius 2 is 1.97 bits per heavy atom. The van der Waals surface area contributed by atoms with Crippen molar-refractivity contribution >= 4 is 38.7 Å². The van der Waals surface area contributed by atoms with Gasteiger partial charge in [0.2, 0.25) is 0 Å². The Labute approximate surface area is 185 Å². The molecule has 0 aliphatic heterocycles. The second-order valence-corrected chi connectivity index (χ2v) is 7.79. The number of halogens is 1. The van der Waals surface area contributed by atoms with Crippen LogP contribution in [-0.4, -0.2) is 25.4 Å². The molecule has 0 spiro atoms. The lowest BCUT2D eigenvalue weighted by molar-refractivity contribution is -0.384. The van der Waals surface area contributed by atoms with Gasteiger partial charge in [0.05, 0.1) is 27.7 Å². The summed E-state index contributed by atoms with van der Waals surface area (Å²) in [5.41, 5.74) is 1.89. The number of nitro benzene ring substituents is 1. The molecule has 0 radical (unpaired) electrons. The van der Waals surface area contributed by atoms with E-state index in [-0.39, 0.29) is 11.2 Å². The third-order valence-corrected chi connectivity index (χ3v) is 5.27. The highest BCUT2D eigenvalue weighted by molar-refractivity contribution is 9.10. The quantitative estimate of drug-likeness (QED) is 0.227. The first kappa shape index (κ1) is 20.7. The summed E-state index contributed by atoms with van der Waals surface area (Å²) in [5, 5.41) is 15.8. The Morgan fingerprint density at radius 1 is 1.19 bits per heavy atom. The minimum absolute atomic E-state index is 0.0234. The molecule has 2 aromatic heterocycles. The Hall–Kier alpha value is -3.59. The summed E-state index contributed by atoms with van der Waals surface area (Å²) in [7, 11) is 0. The zero-order chi connectivity index (χ0) is 22.0. The average molecular weight is 480 g/mol. The monoisotopic (exact) mass is 479 g/mol. The van der Waals surface area contributed by atoms with Gasteiger partial charge in [0, 0.05) is 34.9 Å². The lowest BCUT2D eigenvalue weighted by Crippen LogP contribution is -2.22. The summed E-state index contributed by atoms with van der Waals surface area (Å²) in [6, 6.07) is 15.3. The highest BCUT2D eigenvalue weighted by atomic mass is 79.9. The molecule has 9 heteroatoms. The van der Waals surface area contributed by atoms with Gasteiger partial charge in [0.1, 0.15) is 5.82 Å². The minimum Gasteiger partial charge on any atom is -0.316 e. The average Bonchev–Trinajstić information content (AvgIpc) is 3.23. The Bertz CT molecular complexity index is 1360. The number of hydrogen-bond acceptors (Lipinski definition) is 5. The Kier molecular flexibility index (Phi) is 5.77. The number of fused-ring (bicyclic) bond motifs is 1. The lowest BCUT2D eigenvalue weighted by Gasteiger charge is -2.09. The molecule has 2 heterocycles. The molecule has 4 rings (SSSR count). The van der Waals surface area contributed by atoms with Gasteiger partial charge >= 0.3 is 0 Å². The van der Waals surface area contributed by atoms with E-state index in [1.165, 1.54) is 16.8 Å². The molecule has 0 atom stereocenters. The number of non-ortho nitro benzene ring substituents is 1. The fourth-order valence-corrected chi connectivity index (χ4v) is 3.65. The van der Waals surface area contributed by atoms with E-state index in [0.29, 0.717) is 23.1 Å². The highest BCUT2D eigenvalue weighted by Crippen LogP contribution is 2.18. The molecule has 31 heavy (non-hydrogen) atoms. The van der Waals surface area contributed by atoms with Gasteiger partial charge in [-0.1, -0.05) is 22.9 Å². The molecular formula is C22H18BrN5O3. The highest BCUT2D eigenvalue weighted by Gasteiger charge is 2.11. The number of nitro groups is 1. The maximum atomic E-state index is 13.1. The molecule has 156 valence electrons. The first-order valence-electron chi connectivity index (χ1n) is 9.65. The van der Waals surface area contributed by atoms with E-state index in [4.69, 9.17) is 0 Å². The second kappa shape index (κ2) is 8.65. The van der Waals surface area contributed by atoms with E-state index in [1.807, 2.05) is 42.0 Å². The van der Waals surface area contributed by atoms with Crippen molar-refractivity contribution in [1.29, 1.82) is 0 Å². The normalized spacial score (nSPS) is 11.4. The van der Waals surface area contributed by atoms with Crippen molar-refractivity contribution < 1.29 is 4.92 Å². The summed E-state index contributed by atoms with van der Waals surface area (Å²) in [6.07, 6.45) is 4.85. The van der Waals surface area contributed by atoms with Crippen LogP contribution in [0.3, 0.4) is 0 Å². The predicted molar refractivity (Wildman–Crippen MR) is 123 cm³/mol. The van der Waals surface area contributed by atoms with Crippen molar-refractivity contribution in [2.24, 2.45) is 5.10 Å². The number of benzene rings is 2. The smallest absolute Gasteiger partial charge is 0.282 e. The first-order chi connectivity index (χ1) is 15.0. The summed E-state index contributed by atoms with van der Waals surface area (Å²) >= 11 is 3.40. The number of nitrogens with zero attached hydrogens (tertiary/aromatic N) is 5. The number of rotatable bonds is 6. The maximum Gasteiger partial charge on any atom is 0.282 e. The van der Waals surface area contributed by atoms with Crippen LogP contribution in [0.1, 0.15) is 24.9 Å². The molecule has 8 nitrogen and oxygen atoms in total. The molecule has 0 bridgehead atoms. The van der Waals surface area contributed by atoms with Gasteiger partial charge in [-0.05, 0) is 48.9 Å². The Balaban J connectivity index is 1.76. The number of aromatic nitrogens is 3. The van der Waals surface area contributed by atoms with Crippen LogP contribution >= 0.6 is 15.9 Å². The summed E-state index contributed by atoms with van der Waals surface area (Å²) in [4.78, 5) is 28.2. The molecule has 0 saturated carbocycles. The number of hydrogen-bond donors (Lipinski definition) is 0. The third kappa shape index (κ3) is 4.17. The van der Waals surface area contributed by atoms with Crippen LogP contribution in [0.2, 0.25) is 0 Å². The van der Waals surface area contributed by atoms with E-state index < -0.39 is 4.92 Å². The van der Waals surface area contributed by atoms with Crippen molar-refractivity contribution in [2.75, 3.05) is 0 Å². The fraction of sp³-hybridized carbons (Fsp3) is 0.136. The van der Waals surface area contributed by atoms with Crippen molar-refractivity contribution in [3.05, 3.63) is 97.3 Å². The van der Waals surface area contributed by atoms with Gasteiger partial charge in [0.25, 0.3) is 11.2 Å². The van der Waals surface area contributed by atoms with E-state index in [1.54, 1.807) is 24.4 Å². The maximum absolute atomic E-state index is 13.1. The van der Waals surface area contributed by atoms with Gasteiger partial charge < -0.3 is 4.57 Å². The van der Waals surface area contributed by atoms with Crippen LogP contribution < -0.4 is 5.56 Å². The van der Waals surface area contributed by atoms with Crippen LogP contribution in [-0.2, 0) is 6.42 Å². The van der Waals surface area contributed by atoms with Gasteiger partial charge in [0.15, 0.2) is 0 Å². The summed E-state index contributed by atoms with van der Waals surface area (Å²) in [5.74, 6) is 0.590. The van der Waals surface area contributed by atoms with Crippen LogP contribution in [0.4, 0.5) is 5.69 Å². The lowest BCUT2D eigenvalue weighted by atomic mass is 10.2. The van der Waals surface area contributed by atoms with Crippen molar-refractivity contribution in [1.82, 2.24) is 14.2 Å². The molecule has 0 unspecified atom stereocenters. The molecule has 0 N–H and O–H groups in total. The predicted octanol–water partition coefficient (Wildman–Crippen LogP) is 4.69. The fourth-order valence-electron chi connectivity index (χ4n) is 3.29. The summed E-state index contributed by atoms with van der Waals surface area (Å²) < 4.78 is 3.97. The zero-order valence-electron chi connectivity index (χ0n) is 16.6. The molecular weight excluding hydrogens is 462 g/mol. The minimum atomic E-state index is -0.436. The van der Waals surface area contributed by atoms with E-state index >= 15 is 0 Å². The topological polar surface area (TPSA) is 95.3 Å². The van der Waals surface area contributed by atoms with Crippen LogP contribution in [0.25, 0.3) is 16.6 Å².